The molecule has 0 fully saturated rings. The molecule has 1 rings (SSSR count). The zero-order chi connectivity index (χ0) is 15.5. The quantitative estimate of drug-likeness (QED) is 0.339. The Morgan fingerprint density at radius 1 is 0.810 bits per heavy atom. The van der Waals surface area contributed by atoms with Gasteiger partial charge in [0.1, 0.15) is 0 Å². The first-order valence-electron chi connectivity index (χ1n) is 8.00. The van der Waals surface area contributed by atoms with Crippen LogP contribution in [0.5, 0.6) is 0 Å². The van der Waals surface area contributed by atoms with Crippen molar-refractivity contribution in [1.29, 1.82) is 0 Å². The van der Waals surface area contributed by atoms with Crippen LogP contribution in [0.15, 0.2) is 12.1 Å². The summed E-state index contributed by atoms with van der Waals surface area (Å²) in [5.74, 6) is 0. The third kappa shape index (κ3) is 7.74. The molecule has 0 spiro atoms. The van der Waals surface area contributed by atoms with Crippen molar-refractivity contribution < 1.29 is 0 Å². The zero-order valence-corrected chi connectivity index (χ0v) is 15.1. The minimum atomic E-state index is 0.560. The van der Waals surface area contributed by atoms with Crippen LogP contribution in [0.25, 0.3) is 0 Å². The van der Waals surface area contributed by atoms with Gasteiger partial charge in [-0.1, -0.05) is 86.7 Å². The van der Waals surface area contributed by atoms with Gasteiger partial charge in [-0.25, -0.2) is 0 Å². The minimum absolute atomic E-state index is 0.560. The van der Waals surface area contributed by atoms with Crippen LogP contribution in [0.4, 0.5) is 0 Å². The monoisotopic (exact) mass is 349 g/mol. The lowest BCUT2D eigenvalue weighted by atomic mass is 10.1. The Morgan fingerprint density at radius 2 is 1.38 bits per heavy atom. The predicted octanol–water partition coefficient (Wildman–Crippen LogP) is 6.88. The van der Waals surface area contributed by atoms with E-state index in [-0.39, 0.29) is 0 Å². The molecule has 0 unspecified atom stereocenters. The van der Waals surface area contributed by atoms with Crippen molar-refractivity contribution in [2.75, 3.05) is 6.54 Å². The molecule has 120 valence electrons. The van der Waals surface area contributed by atoms with Crippen molar-refractivity contribution in [3.8, 4) is 0 Å². The standard InChI is InChI=1S/C17H26Cl3N/c1-2-3-4-5-6-7-8-9-12-21-13-14-15(18)10-11-16(19)17(14)20/h10-11,21H,2-9,12-13H2,1H3. The SMILES string of the molecule is CCCCCCCCCCNCc1c(Cl)ccc(Cl)c1Cl. The van der Waals surface area contributed by atoms with Gasteiger partial charge in [-0.15, -0.1) is 0 Å². The molecule has 0 aliphatic rings. The maximum Gasteiger partial charge on any atom is 0.0652 e. The lowest BCUT2D eigenvalue weighted by Crippen LogP contribution is -2.15. The fraction of sp³-hybridized carbons (Fsp3) is 0.647. The summed E-state index contributed by atoms with van der Waals surface area (Å²) in [5, 5.41) is 5.19. The van der Waals surface area contributed by atoms with Crippen molar-refractivity contribution in [3.63, 3.8) is 0 Å². The van der Waals surface area contributed by atoms with Crippen molar-refractivity contribution >= 4 is 34.8 Å². The van der Waals surface area contributed by atoms with E-state index in [9.17, 15) is 0 Å². The van der Waals surface area contributed by atoms with E-state index in [0.717, 1.165) is 12.1 Å². The number of rotatable bonds is 11. The molecule has 0 aliphatic heterocycles. The molecule has 0 heterocycles. The van der Waals surface area contributed by atoms with Gasteiger partial charge >= 0.3 is 0 Å². The molecule has 0 bridgehead atoms. The van der Waals surface area contributed by atoms with Crippen molar-refractivity contribution in [2.45, 2.75) is 64.8 Å². The molecule has 0 saturated heterocycles. The fourth-order valence-corrected chi connectivity index (χ4v) is 3.01. The zero-order valence-electron chi connectivity index (χ0n) is 12.9. The summed E-state index contributed by atoms with van der Waals surface area (Å²) >= 11 is 18.3. The van der Waals surface area contributed by atoms with Crippen molar-refractivity contribution in [2.24, 2.45) is 0 Å². The molecular weight excluding hydrogens is 325 g/mol. The Morgan fingerprint density at radius 3 is 2.05 bits per heavy atom. The van der Waals surface area contributed by atoms with E-state index in [0.29, 0.717) is 21.6 Å². The van der Waals surface area contributed by atoms with Crippen LogP contribution in [0.2, 0.25) is 15.1 Å². The summed E-state index contributed by atoms with van der Waals surface area (Å²) in [6.07, 6.45) is 10.7. The maximum atomic E-state index is 6.17. The van der Waals surface area contributed by atoms with Crippen LogP contribution in [-0.4, -0.2) is 6.54 Å². The molecule has 0 radical (unpaired) electrons. The van der Waals surface area contributed by atoms with Gasteiger partial charge < -0.3 is 5.32 Å². The van der Waals surface area contributed by atoms with Crippen LogP contribution in [0, 0.1) is 0 Å². The van der Waals surface area contributed by atoms with Gasteiger partial charge in [0.15, 0.2) is 0 Å². The van der Waals surface area contributed by atoms with Crippen LogP contribution in [-0.2, 0) is 6.54 Å². The molecule has 0 amide bonds. The van der Waals surface area contributed by atoms with Crippen LogP contribution >= 0.6 is 34.8 Å². The second-order valence-electron chi connectivity index (χ2n) is 5.47. The second kappa shape index (κ2) is 11.6. The average molecular weight is 351 g/mol. The number of halogens is 3. The molecule has 21 heavy (non-hydrogen) atoms. The molecular formula is C17H26Cl3N. The maximum absolute atomic E-state index is 6.17. The summed E-state index contributed by atoms with van der Waals surface area (Å²) in [6.45, 7) is 3.92. The summed E-state index contributed by atoms with van der Waals surface area (Å²) in [7, 11) is 0. The third-order valence-corrected chi connectivity index (χ3v) is 4.85. The van der Waals surface area contributed by atoms with E-state index in [1.54, 1.807) is 12.1 Å². The fourth-order valence-electron chi connectivity index (χ4n) is 2.33. The lowest BCUT2D eigenvalue weighted by molar-refractivity contribution is 0.555. The number of hydrogen-bond acceptors (Lipinski definition) is 1. The number of benzene rings is 1. The van der Waals surface area contributed by atoms with Crippen LogP contribution in [0.3, 0.4) is 0 Å². The third-order valence-electron chi connectivity index (χ3n) is 3.65. The number of nitrogens with one attached hydrogen (secondary N) is 1. The van der Waals surface area contributed by atoms with E-state index in [1.165, 1.54) is 51.4 Å². The van der Waals surface area contributed by atoms with Crippen LogP contribution < -0.4 is 5.32 Å². The first kappa shape index (κ1) is 19.1. The molecule has 1 nitrogen and oxygen atoms in total. The molecule has 1 N–H and O–H groups in total. The summed E-state index contributed by atoms with van der Waals surface area (Å²) in [6, 6.07) is 3.53. The highest BCUT2D eigenvalue weighted by Gasteiger charge is 2.08. The van der Waals surface area contributed by atoms with Gasteiger partial charge in [0.25, 0.3) is 0 Å². The van der Waals surface area contributed by atoms with E-state index < -0.39 is 0 Å². The van der Waals surface area contributed by atoms with Gasteiger partial charge in [0.2, 0.25) is 0 Å². The van der Waals surface area contributed by atoms with Gasteiger partial charge in [-0.05, 0) is 25.1 Å². The molecule has 0 aliphatic carbocycles. The Balaban J connectivity index is 2.08. The lowest BCUT2D eigenvalue weighted by Gasteiger charge is -2.10. The largest absolute Gasteiger partial charge is 0.313 e. The van der Waals surface area contributed by atoms with Gasteiger partial charge in [0.05, 0.1) is 10.0 Å². The summed E-state index contributed by atoms with van der Waals surface area (Å²) < 4.78 is 0. The average Bonchev–Trinajstić information content (AvgIpc) is 2.48. The molecule has 0 atom stereocenters. The highest BCUT2D eigenvalue weighted by molar-refractivity contribution is 6.44. The van der Waals surface area contributed by atoms with Gasteiger partial charge in [0, 0.05) is 17.1 Å². The van der Waals surface area contributed by atoms with Crippen molar-refractivity contribution in [3.05, 3.63) is 32.8 Å². The summed E-state index contributed by atoms with van der Waals surface area (Å²) in [5.41, 5.74) is 0.894. The Kier molecular flexibility index (Phi) is 10.5. The van der Waals surface area contributed by atoms with Crippen LogP contribution in [0.1, 0.15) is 63.9 Å². The van der Waals surface area contributed by atoms with Gasteiger partial charge in [-0.3, -0.25) is 0 Å². The van der Waals surface area contributed by atoms with E-state index in [1.807, 2.05) is 0 Å². The Hall–Kier alpha value is 0.0500. The van der Waals surface area contributed by atoms with E-state index in [2.05, 4.69) is 12.2 Å². The molecule has 0 aromatic heterocycles. The number of unbranched alkanes of at least 4 members (excludes halogenated alkanes) is 7. The molecule has 4 heteroatoms. The molecule has 1 aromatic carbocycles. The normalized spacial score (nSPS) is 11.0. The second-order valence-corrected chi connectivity index (χ2v) is 6.67. The smallest absolute Gasteiger partial charge is 0.0652 e. The Labute approximate surface area is 144 Å². The Bertz CT molecular complexity index is 407. The topological polar surface area (TPSA) is 12.0 Å². The first-order valence-corrected chi connectivity index (χ1v) is 9.13. The molecule has 0 saturated carbocycles. The minimum Gasteiger partial charge on any atom is -0.313 e. The highest BCUT2D eigenvalue weighted by Crippen LogP contribution is 2.31. The first-order chi connectivity index (χ1) is 10.2. The van der Waals surface area contributed by atoms with Gasteiger partial charge in [-0.2, -0.15) is 0 Å². The highest BCUT2D eigenvalue weighted by atomic mass is 35.5. The molecule has 1 aromatic rings. The number of hydrogen-bond donors (Lipinski definition) is 1. The van der Waals surface area contributed by atoms with E-state index in [4.69, 9.17) is 34.8 Å². The predicted molar refractivity (Wildman–Crippen MR) is 95.8 cm³/mol. The van der Waals surface area contributed by atoms with E-state index >= 15 is 0 Å². The van der Waals surface area contributed by atoms with Crippen molar-refractivity contribution in [1.82, 2.24) is 5.32 Å². The summed E-state index contributed by atoms with van der Waals surface area (Å²) in [4.78, 5) is 0.